The average Bonchev–Trinajstić information content (AvgIpc) is 2.89. The Kier molecular flexibility index (Phi) is 7.53. The normalized spacial score (nSPS) is 12.3. The van der Waals surface area contributed by atoms with Gasteiger partial charge in [0.05, 0.1) is 25.4 Å². The van der Waals surface area contributed by atoms with E-state index in [2.05, 4.69) is 10.3 Å². The maximum atomic E-state index is 13.0. The van der Waals surface area contributed by atoms with Crippen LogP contribution in [-0.2, 0) is 26.9 Å². The molecule has 192 valence electrons. The Hall–Kier alpha value is -4.25. The smallest absolute Gasteiger partial charge is 0.321 e. The minimum absolute atomic E-state index is 0.203. The van der Waals surface area contributed by atoms with Gasteiger partial charge in [-0.05, 0) is 47.4 Å². The highest BCUT2D eigenvalue weighted by molar-refractivity contribution is 7.92. The fourth-order valence-corrected chi connectivity index (χ4v) is 5.64. The Morgan fingerprint density at radius 3 is 2.32 bits per heavy atom. The van der Waals surface area contributed by atoms with Crippen molar-refractivity contribution in [1.82, 2.24) is 15.0 Å². The molecule has 0 aliphatic heterocycles. The van der Waals surface area contributed by atoms with Crippen molar-refractivity contribution in [2.24, 2.45) is 0 Å². The van der Waals surface area contributed by atoms with Gasteiger partial charge in [0.2, 0.25) is 0 Å². The largest absolute Gasteiger partial charge is 0.493 e. The number of carboxylic acid groups (broad SMARTS) is 1. The Labute approximate surface area is 213 Å². The molecule has 1 atom stereocenters. The van der Waals surface area contributed by atoms with Crippen LogP contribution in [0.3, 0.4) is 0 Å². The molecule has 1 heterocycles. The molecule has 0 bridgehead atoms. The zero-order valence-electron chi connectivity index (χ0n) is 20.2. The molecule has 4 aromatic rings. The quantitative estimate of drug-likeness (QED) is 0.332. The first-order chi connectivity index (χ1) is 17.7. The van der Waals surface area contributed by atoms with Crippen LogP contribution in [0.2, 0.25) is 0 Å². The van der Waals surface area contributed by atoms with E-state index in [1.165, 1.54) is 7.11 Å². The highest BCUT2D eigenvalue weighted by Gasteiger charge is 2.32. The van der Waals surface area contributed by atoms with Crippen LogP contribution < -0.4 is 15.0 Å². The Morgan fingerprint density at radius 1 is 0.973 bits per heavy atom. The maximum Gasteiger partial charge on any atom is 0.321 e. The SMILES string of the molecule is COc1ccc(-c2ccc(CS(=O)(=O)C(CCn3nnc4ccccc4c3=O)C(=O)O)cc2)cc1OC. The van der Waals surface area contributed by atoms with Crippen molar-refractivity contribution < 1.29 is 27.8 Å². The van der Waals surface area contributed by atoms with Crippen molar-refractivity contribution in [3.63, 3.8) is 0 Å². The average molecular weight is 524 g/mol. The van der Waals surface area contributed by atoms with E-state index >= 15 is 0 Å². The molecule has 10 nitrogen and oxygen atoms in total. The Bertz CT molecular complexity index is 1600. The van der Waals surface area contributed by atoms with Crippen LogP contribution in [0.5, 0.6) is 11.5 Å². The standard InChI is InChI=1S/C26H25N3O7S/c1-35-22-12-11-19(15-23(22)36-2)18-9-7-17(8-10-18)16-37(33,34)24(26(31)32)13-14-29-25(30)20-5-3-4-6-21(20)27-28-29/h3-12,15,24H,13-14,16H2,1-2H3,(H,31,32). The molecule has 1 N–H and O–H groups in total. The Morgan fingerprint density at radius 2 is 1.65 bits per heavy atom. The monoisotopic (exact) mass is 523 g/mol. The first-order valence-electron chi connectivity index (χ1n) is 11.3. The van der Waals surface area contributed by atoms with Crippen LogP contribution in [0.25, 0.3) is 22.0 Å². The first-order valence-corrected chi connectivity index (χ1v) is 13.0. The number of aryl methyl sites for hydroxylation is 1. The molecule has 1 aromatic heterocycles. The number of hydrogen-bond donors (Lipinski definition) is 1. The number of carbonyl (C=O) groups is 1. The predicted octanol–water partition coefficient (Wildman–Crippen LogP) is 2.93. The fourth-order valence-electron chi connectivity index (χ4n) is 4.01. The third kappa shape index (κ3) is 5.61. The molecule has 0 radical (unpaired) electrons. The topological polar surface area (TPSA) is 138 Å². The van der Waals surface area contributed by atoms with Crippen molar-refractivity contribution >= 4 is 26.7 Å². The van der Waals surface area contributed by atoms with Crippen molar-refractivity contribution in [3.8, 4) is 22.6 Å². The van der Waals surface area contributed by atoms with Crippen molar-refractivity contribution in [1.29, 1.82) is 0 Å². The molecular formula is C26H25N3O7S. The van der Waals surface area contributed by atoms with E-state index in [0.29, 0.717) is 28.0 Å². The second-order valence-electron chi connectivity index (χ2n) is 8.32. The number of rotatable bonds is 10. The van der Waals surface area contributed by atoms with Gasteiger partial charge in [-0.15, -0.1) is 5.10 Å². The molecule has 4 rings (SSSR count). The molecule has 1 unspecified atom stereocenters. The summed E-state index contributed by atoms with van der Waals surface area (Å²) in [6.07, 6.45) is -0.325. The van der Waals surface area contributed by atoms with Crippen LogP contribution in [0, 0.1) is 0 Å². The van der Waals surface area contributed by atoms with Gasteiger partial charge in [0.15, 0.2) is 26.6 Å². The summed E-state index contributed by atoms with van der Waals surface area (Å²) < 4.78 is 37.6. The second-order valence-corrected chi connectivity index (χ2v) is 10.5. The van der Waals surface area contributed by atoms with E-state index in [1.807, 2.05) is 12.1 Å². The lowest BCUT2D eigenvalue weighted by atomic mass is 10.0. The molecule has 0 aliphatic rings. The molecular weight excluding hydrogens is 498 g/mol. The number of aliphatic carboxylic acids is 1. The number of sulfone groups is 1. The first kappa shape index (κ1) is 25.8. The number of nitrogens with zero attached hydrogens (tertiary/aromatic N) is 3. The minimum Gasteiger partial charge on any atom is -0.493 e. The van der Waals surface area contributed by atoms with Gasteiger partial charge in [0.1, 0.15) is 5.52 Å². The second kappa shape index (κ2) is 10.8. The van der Waals surface area contributed by atoms with Crippen LogP contribution in [0.1, 0.15) is 12.0 Å². The molecule has 0 saturated heterocycles. The molecule has 0 spiro atoms. The van der Waals surface area contributed by atoms with Crippen molar-refractivity contribution in [3.05, 3.63) is 82.6 Å². The summed E-state index contributed by atoms with van der Waals surface area (Å²) in [4.78, 5) is 24.5. The molecule has 37 heavy (non-hydrogen) atoms. The summed E-state index contributed by atoms with van der Waals surface area (Å²) in [6, 6.07) is 18.8. The lowest BCUT2D eigenvalue weighted by Crippen LogP contribution is -2.34. The summed E-state index contributed by atoms with van der Waals surface area (Å²) >= 11 is 0. The summed E-state index contributed by atoms with van der Waals surface area (Å²) in [6.45, 7) is -0.203. The van der Waals surface area contributed by atoms with Crippen molar-refractivity contribution in [2.75, 3.05) is 14.2 Å². The van der Waals surface area contributed by atoms with Gasteiger partial charge < -0.3 is 14.6 Å². The summed E-state index contributed by atoms with van der Waals surface area (Å²) in [5.74, 6) is -0.797. The van der Waals surface area contributed by atoms with E-state index in [4.69, 9.17) is 9.47 Å². The third-order valence-electron chi connectivity index (χ3n) is 5.98. The highest BCUT2D eigenvalue weighted by Crippen LogP contribution is 2.32. The van der Waals surface area contributed by atoms with E-state index < -0.39 is 32.4 Å². The molecule has 11 heteroatoms. The number of aromatic nitrogens is 3. The van der Waals surface area contributed by atoms with E-state index in [9.17, 15) is 23.1 Å². The van der Waals surface area contributed by atoms with Gasteiger partial charge in [-0.2, -0.15) is 0 Å². The number of ether oxygens (including phenoxy) is 2. The summed E-state index contributed by atoms with van der Waals surface area (Å²) in [5.41, 5.74) is 2.06. The van der Waals surface area contributed by atoms with Gasteiger partial charge in [-0.3, -0.25) is 9.59 Å². The van der Waals surface area contributed by atoms with Gasteiger partial charge in [-0.1, -0.05) is 47.7 Å². The molecule has 0 fully saturated rings. The molecule has 0 aliphatic carbocycles. The van der Waals surface area contributed by atoms with E-state index in [0.717, 1.165) is 15.8 Å². The third-order valence-corrected chi connectivity index (χ3v) is 8.02. The maximum absolute atomic E-state index is 13.0. The zero-order chi connectivity index (χ0) is 26.6. The van der Waals surface area contributed by atoms with E-state index in [-0.39, 0.29) is 13.0 Å². The minimum atomic E-state index is -4.10. The zero-order valence-corrected chi connectivity index (χ0v) is 21.0. The van der Waals surface area contributed by atoms with Crippen LogP contribution in [0.15, 0.2) is 71.5 Å². The van der Waals surface area contributed by atoms with Crippen LogP contribution in [-0.4, -0.2) is 54.0 Å². The lowest BCUT2D eigenvalue weighted by Gasteiger charge is -2.14. The van der Waals surface area contributed by atoms with Gasteiger partial charge in [-0.25, -0.2) is 13.1 Å². The molecule has 3 aromatic carbocycles. The number of benzene rings is 3. The number of fused-ring (bicyclic) bond motifs is 1. The van der Waals surface area contributed by atoms with E-state index in [1.54, 1.807) is 61.7 Å². The van der Waals surface area contributed by atoms with Crippen LogP contribution in [0.4, 0.5) is 0 Å². The lowest BCUT2D eigenvalue weighted by molar-refractivity contribution is -0.136. The molecule has 0 amide bonds. The molecule has 0 saturated carbocycles. The number of methoxy groups -OCH3 is 2. The van der Waals surface area contributed by atoms with Gasteiger partial charge in [0.25, 0.3) is 5.56 Å². The van der Waals surface area contributed by atoms with Gasteiger partial charge >= 0.3 is 5.97 Å². The highest BCUT2D eigenvalue weighted by atomic mass is 32.2. The summed E-state index contributed by atoms with van der Waals surface area (Å²) in [5, 5.41) is 16.0. The Balaban J connectivity index is 1.50. The number of carboxylic acids is 1. The van der Waals surface area contributed by atoms with Crippen molar-refractivity contribution in [2.45, 2.75) is 24.0 Å². The van der Waals surface area contributed by atoms with Crippen LogP contribution >= 0.6 is 0 Å². The fraction of sp³-hybridized carbons (Fsp3) is 0.231. The summed E-state index contributed by atoms with van der Waals surface area (Å²) in [7, 11) is -1.01. The van der Waals surface area contributed by atoms with Gasteiger partial charge in [0, 0.05) is 6.54 Å². The number of hydrogen-bond acceptors (Lipinski definition) is 8. The predicted molar refractivity (Wildman–Crippen MR) is 137 cm³/mol.